The van der Waals surface area contributed by atoms with Gasteiger partial charge in [0.1, 0.15) is 0 Å². The Morgan fingerprint density at radius 2 is 1.97 bits per heavy atom. The maximum atomic E-state index is 12.4. The Hall–Kier alpha value is -2.35. The van der Waals surface area contributed by atoms with Gasteiger partial charge in [0.25, 0.3) is 0 Å². The van der Waals surface area contributed by atoms with Crippen LogP contribution in [-0.4, -0.2) is 53.8 Å². The van der Waals surface area contributed by atoms with Crippen molar-refractivity contribution in [3.05, 3.63) is 57.4 Å². The molecule has 1 amide bonds. The molecule has 1 aliphatic heterocycles. The van der Waals surface area contributed by atoms with Gasteiger partial charge in [0.15, 0.2) is 0 Å². The molecular weight excluding hydrogens is 490 g/mol. The minimum absolute atomic E-state index is 0.0184. The van der Waals surface area contributed by atoms with Crippen molar-refractivity contribution in [2.75, 3.05) is 19.7 Å². The number of amides is 1. The van der Waals surface area contributed by atoms with Crippen molar-refractivity contribution >= 4 is 42.0 Å². The second-order valence-electron chi connectivity index (χ2n) is 11.1. The number of ether oxygens (including phenoxy) is 1. The summed E-state index contributed by atoms with van der Waals surface area (Å²) in [6.07, 6.45) is 5.23. The topological polar surface area (TPSA) is 78.5 Å². The van der Waals surface area contributed by atoms with Crippen molar-refractivity contribution in [3.8, 4) is 0 Å². The van der Waals surface area contributed by atoms with E-state index in [9.17, 15) is 9.90 Å². The average Bonchev–Trinajstić information content (AvgIpc) is 3.19. The van der Waals surface area contributed by atoms with E-state index < -0.39 is 8.07 Å². The molecule has 1 aliphatic carbocycles. The van der Waals surface area contributed by atoms with Crippen LogP contribution in [0.25, 0.3) is 10.9 Å². The Morgan fingerprint density at radius 3 is 2.64 bits per heavy atom. The number of aromatic amines is 1. The first kappa shape index (κ1) is 25.3. The zero-order valence-electron chi connectivity index (χ0n) is 21.7. The Balaban J connectivity index is 1.70. The number of piperidine rings is 1. The SMILES string of the molecule is CCOC(=O)N1CCC([C@@H]2c3ncccc3CCc3cc(Cl)c4[nH]c([Si](C)(C)C)c(CO)c4c32)CC1. The molecule has 2 N–H and O–H groups in total. The van der Waals surface area contributed by atoms with Crippen LogP contribution >= 0.6 is 11.6 Å². The summed E-state index contributed by atoms with van der Waals surface area (Å²) in [5.41, 5.74) is 6.86. The Kier molecular flexibility index (Phi) is 6.92. The Labute approximate surface area is 219 Å². The summed E-state index contributed by atoms with van der Waals surface area (Å²) in [7, 11) is -1.77. The molecule has 0 saturated carbocycles. The highest BCUT2D eigenvalue weighted by Crippen LogP contribution is 2.47. The molecule has 0 spiro atoms. The van der Waals surface area contributed by atoms with Crippen LogP contribution in [0.4, 0.5) is 4.79 Å². The van der Waals surface area contributed by atoms with E-state index in [2.05, 4.69) is 36.8 Å². The summed E-state index contributed by atoms with van der Waals surface area (Å²) in [4.78, 5) is 22.8. The molecule has 1 atom stereocenters. The smallest absolute Gasteiger partial charge is 0.409 e. The van der Waals surface area contributed by atoms with Gasteiger partial charge in [0.05, 0.1) is 37.5 Å². The van der Waals surface area contributed by atoms with Crippen LogP contribution in [0.3, 0.4) is 0 Å². The van der Waals surface area contributed by atoms with E-state index in [0.29, 0.717) is 25.6 Å². The van der Waals surface area contributed by atoms with Crippen LogP contribution < -0.4 is 5.32 Å². The molecule has 6 nitrogen and oxygen atoms in total. The summed E-state index contributed by atoms with van der Waals surface area (Å²) >= 11 is 6.90. The number of hydrogen-bond donors (Lipinski definition) is 2. The molecule has 1 aromatic carbocycles. The number of aryl methyl sites for hydroxylation is 2. The highest BCUT2D eigenvalue weighted by molar-refractivity contribution is 6.88. The lowest BCUT2D eigenvalue weighted by atomic mass is 9.75. The molecule has 0 unspecified atom stereocenters. The lowest BCUT2D eigenvalue weighted by molar-refractivity contribution is 0.0900. The number of H-pyrrole nitrogens is 1. The van der Waals surface area contributed by atoms with Gasteiger partial charge in [-0.2, -0.15) is 0 Å². The van der Waals surface area contributed by atoms with Crippen molar-refractivity contribution in [1.29, 1.82) is 0 Å². The number of halogens is 1. The van der Waals surface area contributed by atoms with E-state index in [-0.39, 0.29) is 18.6 Å². The first-order valence-corrected chi connectivity index (χ1v) is 16.9. The number of aliphatic hydroxyl groups is 1. The summed E-state index contributed by atoms with van der Waals surface area (Å²) < 4.78 is 5.26. The Bertz CT molecular complexity index is 1290. The van der Waals surface area contributed by atoms with Gasteiger partial charge in [-0.3, -0.25) is 4.98 Å². The number of rotatable bonds is 4. The number of pyridine rings is 1. The average molecular weight is 526 g/mol. The molecule has 2 aromatic heterocycles. The van der Waals surface area contributed by atoms with Gasteiger partial charge >= 0.3 is 6.09 Å². The quantitative estimate of drug-likeness (QED) is 0.450. The van der Waals surface area contributed by atoms with Crippen LogP contribution in [-0.2, 0) is 24.2 Å². The van der Waals surface area contributed by atoms with E-state index in [1.54, 1.807) is 0 Å². The first-order valence-electron chi connectivity index (χ1n) is 13.1. The second kappa shape index (κ2) is 9.84. The Morgan fingerprint density at radius 1 is 1.25 bits per heavy atom. The number of fused-ring (bicyclic) bond motifs is 4. The number of hydrogen-bond acceptors (Lipinski definition) is 4. The van der Waals surface area contributed by atoms with E-state index >= 15 is 0 Å². The number of aromatic nitrogens is 2. The monoisotopic (exact) mass is 525 g/mol. The van der Waals surface area contributed by atoms with E-state index in [0.717, 1.165) is 58.2 Å². The van der Waals surface area contributed by atoms with Crippen LogP contribution in [0.1, 0.15) is 53.6 Å². The largest absolute Gasteiger partial charge is 0.450 e. The molecule has 3 heterocycles. The number of benzene rings is 1. The van der Waals surface area contributed by atoms with Crippen LogP contribution in [0, 0.1) is 5.92 Å². The third kappa shape index (κ3) is 4.35. The predicted molar refractivity (Wildman–Crippen MR) is 147 cm³/mol. The molecule has 1 saturated heterocycles. The molecule has 36 heavy (non-hydrogen) atoms. The fraction of sp³-hybridized carbons (Fsp3) is 0.500. The zero-order valence-corrected chi connectivity index (χ0v) is 23.4. The van der Waals surface area contributed by atoms with Gasteiger partial charge in [-0.25, -0.2) is 4.79 Å². The summed E-state index contributed by atoms with van der Waals surface area (Å²) in [6, 6.07) is 6.36. The standard InChI is InChI=1S/C28H36ClN3O3Si/c1-5-35-28(34)32-13-10-17(11-14-32)23-22-19(9-8-18-7-6-12-30-25(18)23)15-21(29)26-24(22)20(16-33)27(31-26)36(2,3)4/h6-7,12,15,17,23,31,33H,5,8-11,13-14,16H2,1-4H3/t23-/m0/s1. The molecule has 8 heteroatoms. The van der Waals surface area contributed by atoms with E-state index in [1.807, 2.05) is 24.1 Å². The van der Waals surface area contributed by atoms with Gasteiger partial charge in [0.2, 0.25) is 0 Å². The number of likely N-dealkylation sites (tertiary alicyclic amines) is 1. The first-order chi connectivity index (χ1) is 17.2. The number of nitrogens with one attached hydrogen (secondary N) is 1. The van der Waals surface area contributed by atoms with E-state index in [4.69, 9.17) is 21.3 Å². The normalized spacial score (nSPS) is 18.6. The van der Waals surface area contributed by atoms with Gasteiger partial charge in [0, 0.05) is 41.5 Å². The van der Waals surface area contributed by atoms with Crippen molar-refractivity contribution in [2.45, 2.75) is 64.8 Å². The predicted octanol–water partition coefficient (Wildman–Crippen LogP) is 5.35. The van der Waals surface area contributed by atoms with Crippen LogP contribution in [0.2, 0.25) is 24.7 Å². The summed E-state index contributed by atoms with van der Waals surface area (Å²) in [5, 5.41) is 13.6. The minimum atomic E-state index is -1.77. The molecule has 2 aliphatic rings. The summed E-state index contributed by atoms with van der Waals surface area (Å²) in [6.45, 7) is 10.4. The second-order valence-corrected chi connectivity index (χ2v) is 16.5. The van der Waals surface area contributed by atoms with Crippen molar-refractivity contribution in [1.82, 2.24) is 14.9 Å². The van der Waals surface area contributed by atoms with Crippen molar-refractivity contribution in [2.24, 2.45) is 5.92 Å². The number of aliphatic hydroxyl groups excluding tert-OH is 1. The number of carbonyl (C=O) groups excluding carboxylic acids is 1. The number of carbonyl (C=O) groups is 1. The van der Waals surface area contributed by atoms with Gasteiger partial charge in [-0.1, -0.05) is 37.3 Å². The zero-order chi connectivity index (χ0) is 25.6. The van der Waals surface area contributed by atoms with Crippen molar-refractivity contribution < 1.29 is 14.6 Å². The van der Waals surface area contributed by atoms with Gasteiger partial charge in [-0.15, -0.1) is 0 Å². The molecule has 192 valence electrons. The highest BCUT2D eigenvalue weighted by atomic mass is 35.5. The highest BCUT2D eigenvalue weighted by Gasteiger charge is 2.38. The van der Waals surface area contributed by atoms with Crippen molar-refractivity contribution in [3.63, 3.8) is 0 Å². The maximum absolute atomic E-state index is 12.4. The lowest BCUT2D eigenvalue weighted by Crippen LogP contribution is -2.41. The fourth-order valence-electron chi connectivity index (χ4n) is 6.28. The van der Waals surface area contributed by atoms with Crippen LogP contribution in [0.15, 0.2) is 24.4 Å². The fourth-order valence-corrected chi connectivity index (χ4v) is 8.16. The molecule has 0 bridgehead atoms. The molecule has 5 rings (SSSR count). The van der Waals surface area contributed by atoms with Gasteiger partial charge < -0.3 is 19.7 Å². The summed E-state index contributed by atoms with van der Waals surface area (Å²) in [5.74, 6) is 0.403. The third-order valence-electron chi connectivity index (χ3n) is 7.90. The van der Waals surface area contributed by atoms with E-state index in [1.165, 1.54) is 16.7 Å². The molecule has 3 aromatic rings. The maximum Gasteiger partial charge on any atom is 0.409 e. The molecular formula is C28H36ClN3O3Si. The molecule has 0 radical (unpaired) electrons. The minimum Gasteiger partial charge on any atom is -0.450 e. The third-order valence-corrected chi connectivity index (χ3v) is 10.1. The van der Waals surface area contributed by atoms with Gasteiger partial charge in [-0.05, 0) is 67.3 Å². The lowest BCUT2D eigenvalue weighted by Gasteiger charge is -2.36. The molecule has 1 fully saturated rings. The van der Waals surface area contributed by atoms with Crippen LogP contribution in [0.5, 0.6) is 0 Å². The number of nitrogens with zero attached hydrogens (tertiary/aromatic N) is 2.